The molecule has 1 heterocycles. The first-order valence-electron chi connectivity index (χ1n) is 5.61. The zero-order chi connectivity index (χ0) is 12.8. The van der Waals surface area contributed by atoms with Crippen LogP contribution in [0.25, 0.3) is 0 Å². The smallest absolute Gasteiger partial charge is 0.271 e. The minimum absolute atomic E-state index is 0.231. The Kier molecular flexibility index (Phi) is 3.98. The van der Waals surface area contributed by atoms with Gasteiger partial charge >= 0.3 is 0 Å². The van der Waals surface area contributed by atoms with E-state index in [4.69, 9.17) is 5.73 Å². The van der Waals surface area contributed by atoms with Gasteiger partial charge in [0, 0.05) is 25.5 Å². The van der Waals surface area contributed by atoms with Crippen molar-refractivity contribution in [1.82, 2.24) is 15.3 Å². The van der Waals surface area contributed by atoms with Crippen molar-refractivity contribution in [2.45, 2.75) is 13.1 Å². The number of rotatable bonds is 4. The molecule has 0 radical (unpaired) electrons. The van der Waals surface area contributed by atoms with Crippen LogP contribution in [0.2, 0.25) is 0 Å². The first kappa shape index (κ1) is 12.2. The molecule has 1 amide bonds. The highest BCUT2D eigenvalue weighted by molar-refractivity contribution is 5.91. The van der Waals surface area contributed by atoms with Gasteiger partial charge < -0.3 is 11.1 Å². The molecule has 0 saturated heterocycles. The lowest BCUT2D eigenvalue weighted by molar-refractivity contribution is 0.0945. The highest BCUT2D eigenvalue weighted by Crippen LogP contribution is 2.03. The summed E-state index contributed by atoms with van der Waals surface area (Å²) >= 11 is 0. The first-order chi connectivity index (χ1) is 8.79. The number of carbonyl (C=O) groups is 1. The predicted octanol–water partition coefficient (Wildman–Crippen LogP) is 0.865. The molecule has 1 aromatic heterocycles. The fourth-order valence-electron chi connectivity index (χ4n) is 1.48. The van der Waals surface area contributed by atoms with E-state index in [-0.39, 0.29) is 5.91 Å². The number of aromatic nitrogens is 2. The predicted molar refractivity (Wildman–Crippen MR) is 67.5 cm³/mol. The fraction of sp³-hybridized carbons (Fsp3) is 0.154. The molecule has 0 unspecified atom stereocenters. The van der Waals surface area contributed by atoms with Crippen LogP contribution in [0, 0.1) is 0 Å². The molecule has 1 aromatic carbocycles. The summed E-state index contributed by atoms with van der Waals surface area (Å²) in [5.74, 6) is -0.231. The molecule has 0 bridgehead atoms. The molecule has 0 aliphatic carbocycles. The lowest BCUT2D eigenvalue weighted by Crippen LogP contribution is -2.23. The number of nitrogens with two attached hydrogens (primary N) is 1. The van der Waals surface area contributed by atoms with Crippen molar-refractivity contribution in [3.05, 3.63) is 59.7 Å². The maximum atomic E-state index is 11.7. The van der Waals surface area contributed by atoms with Crippen LogP contribution < -0.4 is 11.1 Å². The van der Waals surface area contributed by atoms with E-state index < -0.39 is 0 Å². The van der Waals surface area contributed by atoms with Crippen LogP contribution in [0.5, 0.6) is 0 Å². The van der Waals surface area contributed by atoms with Crippen LogP contribution in [-0.4, -0.2) is 15.9 Å². The maximum absolute atomic E-state index is 11.7. The molecular weight excluding hydrogens is 228 g/mol. The molecule has 0 spiro atoms. The number of hydrogen-bond donors (Lipinski definition) is 2. The van der Waals surface area contributed by atoms with E-state index in [1.54, 1.807) is 0 Å². The zero-order valence-electron chi connectivity index (χ0n) is 9.84. The van der Waals surface area contributed by atoms with Crippen LogP contribution in [0.1, 0.15) is 21.6 Å². The Labute approximate surface area is 105 Å². The molecule has 2 aromatic rings. The minimum atomic E-state index is -0.231. The molecular formula is C13H14N4O. The molecule has 0 saturated carbocycles. The molecule has 0 aliphatic heterocycles. The standard InChI is InChI=1S/C13H14N4O/c14-7-10-1-3-11(4-2-10)8-17-13(18)12-9-15-5-6-16-12/h1-6,9H,7-8,14H2,(H,17,18). The van der Waals surface area contributed by atoms with E-state index >= 15 is 0 Å². The Hall–Kier alpha value is -2.27. The summed E-state index contributed by atoms with van der Waals surface area (Å²) in [5.41, 5.74) is 7.92. The average Bonchev–Trinajstić information content (AvgIpc) is 2.46. The fourth-order valence-corrected chi connectivity index (χ4v) is 1.48. The molecule has 5 nitrogen and oxygen atoms in total. The van der Waals surface area contributed by atoms with Crippen LogP contribution in [0.15, 0.2) is 42.9 Å². The number of carbonyl (C=O) groups excluding carboxylic acids is 1. The van der Waals surface area contributed by atoms with Crippen molar-refractivity contribution in [3.8, 4) is 0 Å². The third-order valence-corrected chi connectivity index (χ3v) is 2.51. The molecule has 5 heteroatoms. The quantitative estimate of drug-likeness (QED) is 0.833. The zero-order valence-corrected chi connectivity index (χ0v) is 9.84. The lowest BCUT2D eigenvalue weighted by atomic mass is 10.1. The molecule has 0 atom stereocenters. The van der Waals surface area contributed by atoms with Crippen molar-refractivity contribution in [1.29, 1.82) is 0 Å². The van der Waals surface area contributed by atoms with Gasteiger partial charge in [0.2, 0.25) is 0 Å². The van der Waals surface area contributed by atoms with Crippen LogP contribution >= 0.6 is 0 Å². The lowest BCUT2D eigenvalue weighted by Gasteiger charge is -2.05. The number of hydrogen-bond acceptors (Lipinski definition) is 4. The van der Waals surface area contributed by atoms with E-state index in [2.05, 4.69) is 15.3 Å². The van der Waals surface area contributed by atoms with Gasteiger partial charge in [-0.3, -0.25) is 9.78 Å². The maximum Gasteiger partial charge on any atom is 0.271 e. The molecule has 18 heavy (non-hydrogen) atoms. The van der Waals surface area contributed by atoms with Crippen LogP contribution in [0.4, 0.5) is 0 Å². The van der Waals surface area contributed by atoms with Crippen LogP contribution in [-0.2, 0) is 13.1 Å². The second-order valence-electron chi connectivity index (χ2n) is 3.79. The third-order valence-electron chi connectivity index (χ3n) is 2.51. The van der Waals surface area contributed by atoms with Crippen molar-refractivity contribution in [2.24, 2.45) is 5.73 Å². The summed E-state index contributed by atoms with van der Waals surface area (Å²) in [6.45, 7) is 0.979. The summed E-state index contributed by atoms with van der Waals surface area (Å²) in [6, 6.07) is 7.78. The van der Waals surface area contributed by atoms with E-state index in [1.807, 2.05) is 24.3 Å². The average molecular weight is 242 g/mol. The van der Waals surface area contributed by atoms with Crippen molar-refractivity contribution >= 4 is 5.91 Å². The van der Waals surface area contributed by atoms with Gasteiger partial charge in [0.25, 0.3) is 5.91 Å². The van der Waals surface area contributed by atoms with Gasteiger partial charge in [0.1, 0.15) is 5.69 Å². The third kappa shape index (κ3) is 3.11. The topological polar surface area (TPSA) is 80.9 Å². The summed E-state index contributed by atoms with van der Waals surface area (Å²) in [7, 11) is 0. The van der Waals surface area contributed by atoms with Gasteiger partial charge in [-0.1, -0.05) is 24.3 Å². The largest absolute Gasteiger partial charge is 0.347 e. The molecule has 92 valence electrons. The van der Waals surface area contributed by atoms with Crippen molar-refractivity contribution in [3.63, 3.8) is 0 Å². The SMILES string of the molecule is NCc1ccc(CNC(=O)c2cnccn2)cc1. The van der Waals surface area contributed by atoms with Gasteiger partial charge in [0.15, 0.2) is 0 Å². The normalized spacial score (nSPS) is 10.1. The Bertz CT molecular complexity index is 510. The van der Waals surface area contributed by atoms with Gasteiger partial charge in [-0.05, 0) is 11.1 Å². The number of nitrogens with zero attached hydrogens (tertiary/aromatic N) is 2. The minimum Gasteiger partial charge on any atom is -0.347 e. The van der Waals surface area contributed by atoms with E-state index in [9.17, 15) is 4.79 Å². The van der Waals surface area contributed by atoms with Gasteiger partial charge in [-0.2, -0.15) is 0 Å². The molecule has 3 N–H and O–H groups in total. The van der Waals surface area contributed by atoms with Crippen LogP contribution in [0.3, 0.4) is 0 Å². The molecule has 0 aliphatic rings. The number of nitrogens with one attached hydrogen (secondary N) is 1. The Morgan fingerprint density at radius 2 is 1.89 bits per heavy atom. The van der Waals surface area contributed by atoms with E-state index in [0.717, 1.165) is 11.1 Å². The second-order valence-corrected chi connectivity index (χ2v) is 3.79. The molecule has 2 rings (SSSR count). The van der Waals surface area contributed by atoms with Crippen molar-refractivity contribution < 1.29 is 4.79 Å². The second kappa shape index (κ2) is 5.88. The Morgan fingerprint density at radius 3 is 2.50 bits per heavy atom. The molecule has 0 fully saturated rings. The Balaban J connectivity index is 1.93. The summed E-state index contributed by atoms with van der Waals surface area (Å²) in [5, 5.41) is 2.78. The highest BCUT2D eigenvalue weighted by atomic mass is 16.1. The van der Waals surface area contributed by atoms with Crippen molar-refractivity contribution in [2.75, 3.05) is 0 Å². The number of amides is 1. The Morgan fingerprint density at radius 1 is 1.17 bits per heavy atom. The van der Waals surface area contributed by atoms with Gasteiger partial charge in [-0.15, -0.1) is 0 Å². The first-order valence-corrected chi connectivity index (χ1v) is 5.61. The summed E-state index contributed by atoms with van der Waals surface area (Å²) < 4.78 is 0. The summed E-state index contributed by atoms with van der Waals surface area (Å²) in [6.07, 6.45) is 4.46. The van der Waals surface area contributed by atoms with Gasteiger partial charge in [0.05, 0.1) is 6.20 Å². The summed E-state index contributed by atoms with van der Waals surface area (Å²) in [4.78, 5) is 19.5. The number of benzene rings is 1. The van der Waals surface area contributed by atoms with Gasteiger partial charge in [-0.25, -0.2) is 4.98 Å². The monoisotopic (exact) mass is 242 g/mol. The highest BCUT2D eigenvalue weighted by Gasteiger charge is 2.05. The van der Waals surface area contributed by atoms with E-state index in [1.165, 1.54) is 18.6 Å². The van der Waals surface area contributed by atoms with E-state index in [0.29, 0.717) is 18.8 Å².